The van der Waals surface area contributed by atoms with Crippen molar-refractivity contribution in [2.24, 2.45) is 5.92 Å². The van der Waals surface area contributed by atoms with Crippen molar-refractivity contribution in [2.75, 3.05) is 38.2 Å². The third-order valence-electron chi connectivity index (χ3n) is 8.03. The number of aliphatic carboxylic acids is 1. The molecule has 2 aliphatic heterocycles. The van der Waals surface area contributed by atoms with Crippen LogP contribution >= 0.6 is 0 Å². The lowest BCUT2D eigenvalue weighted by atomic mass is 9.94. The van der Waals surface area contributed by atoms with Gasteiger partial charge < -0.3 is 24.8 Å². The van der Waals surface area contributed by atoms with Gasteiger partial charge in [-0.15, -0.1) is 0 Å². The molecule has 0 bridgehead atoms. The molecule has 2 aliphatic rings. The minimum Gasteiger partial charge on any atom is -0.488 e. The average Bonchev–Trinajstić information content (AvgIpc) is 3.19. The van der Waals surface area contributed by atoms with Crippen molar-refractivity contribution >= 4 is 11.8 Å². The van der Waals surface area contributed by atoms with Crippen LogP contribution in [-0.2, 0) is 29.0 Å². The molecular formula is C31H37N3O4. The summed E-state index contributed by atoms with van der Waals surface area (Å²) in [5.74, 6) is 0.355. The molecule has 0 aliphatic carbocycles. The molecule has 0 amide bonds. The minimum atomic E-state index is -0.804. The van der Waals surface area contributed by atoms with Crippen LogP contribution in [0, 0.1) is 19.8 Å². The number of nitrogens with one attached hydrogen (secondary N) is 1. The number of hydrogen-bond acceptors (Lipinski definition) is 6. The number of rotatable bonds is 7. The van der Waals surface area contributed by atoms with Crippen molar-refractivity contribution in [3.63, 3.8) is 0 Å². The number of benzene rings is 2. The number of aromatic nitrogens is 1. The van der Waals surface area contributed by atoms with Crippen molar-refractivity contribution < 1.29 is 19.4 Å². The summed E-state index contributed by atoms with van der Waals surface area (Å²) >= 11 is 0. The van der Waals surface area contributed by atoms with E-state index in [0.717, 1.165) is 54.3 Å². The highest BCUT2D eigenvalue weighted by atomic mass is 16.5. The van der Waals surface area contributed by atoms with Gasteiger partial charge in [0, 0.05) is 25.8 Å². The van der Waals surface area contributed by atoms with E-state index >= 15 is 0 Å². The molecule has 2 aromatic carbocycles. The highest BCUT2D eigenvalue weighted by Gasteiger charge is 2.34. The Labute approximate surface area is 224 Å². The number of pyridine rings is 1. The topological polar surface area (TPSA) is 83.9 Å². The molecular weight excluding hydrogens is 478 g/mol. The van der Waals surface area contributed by atoms with Gasteiger partial charge in [0.1, 0.15) is 18.2 Å². The Morgan fingerprint density at radius 1 is 1.11 bits per heavy atom. The fourth-order valence-corrected chi connectivity index (χ4v) is 5.75. The molecule has 7 nitrogen and oxygen atoms in total. The van der Waals surface area contributed by atoms with Crippen molar-refractivity contribution in [3.8, 4) is 17.0 Å². The van der Waals surface area contributed by atoms with Gasteiger partial charge in [0.25, 0.3) is 0 Å². The molecule has 1 saturated heterocycles. The van der Waals surface area contributed by atoms with E-state index in [0.29, 0.717) is 26.1 Å². The summed E-state index contributed by atoms with van der Waals surface area (Å²) in [6.45, 7) is 7.95. The van der Waals surface area contributed by atoms with Crippen LogP contribution in [0.5, 0.6) is 5.75 Å². The maximum atomic E-state index is 11.6. The van der Waals surface area contributed by atoms with Crippen LogP contribution in [0.3, 0.4) is 0 Å². The number of carbonyl (C=O) groups is 1. The molecule has 3 aromatic rings. The summed E-state index contributed by atoms with van der Waals surface area (Å²) in [6.07, 6.45) is 2.27. The zero-order chi connectivity index (χ0) is 26.6. The predicted octanol–water partition coefficient (Wildman–Crippen LogP) is 4.56. The SMILES string of the molecule is CO[C@@H]1CN(c2cccc(-c3cccc(C)c3OCc3ccc4c(c3C)CCNCC4)n2)CC[C@@H]1C(=O)O. The van der Waals surface area contributed by atoms with Crippen LogP contribution in [-0.4, -0.2) is 55.5 Å². The van der Waals surface area contributed by atoms with E-state index < -0.39 is 11.9 Å². The van der Waals surface area contributed by atoms with Crippen LogP contribution in [0.4, 0.5) is 5.82 Å². The number of nitrogens with zero attached hydrogens (tertiary/aromatic N) is 2. The number of anilines is 1. The largest absolute Gasteiger partial charge is 0.488 e. The van der Waals surface area contributed by atoms with E-state index in [1.807, 2.05) is 24.3 Å². The van der Waals surface area contributed by atoms with Crippen molar-refractivity contribution in [3.05, 3.63) is 76.3 Å². The summed E-state index contributed by atoms with van der Waals surface area (Å²) in [7, 11) is 1.58. The molecule has 1 aromatic heterocycles. The first-order valence-electron chi connectivity index (χ1n) is 13.5. The van der Waals surface area contributed by atoms with Gasteiger partial charge in [-0.2, -0.15) is 0 Å². The lowest BCUT2D eigenvalue weighted by Crippen LogP contribution is -2.47. The van der Waals surface area contributed by atoms with Gasteiger partial charge in [0.2, 0.25) is 0 Å². The molecule has 0 spiro atoms. The van der Waals surface area contributed by atoms with Crippen LogP contribution in [0.2, 0.25) is 0 Å². The summed E-state index contributed by atoms with van der Waals surface area (Å²) in [5, 5.41) is 13.0. The highest BCUT2D eigenvalue weighted by molar-refractivity contribution is 5.72. The van der Waals surface area contributed by atoms with E-state index in [-0.39, 0.29) is 6.10 Å². The number of fused-ring (bicyclic) bond motifs is 1. The highest BCUT2D eigenvalue weighted by Crippen LogP contribution is 2.35. The zero-order valence-corrected chi connectivity index (χ0v) is 22.5. The Morgan fingerprint density at radius 2 is 1.92 bits per heavy atom. The van der Waals surface area contributed by atoms with Gasteiger partial charge in [-0.25, -0.2) is 4.98 Å². The van der Waals surface area contributed by atoms with Crippen molar-refractivity contribution in [2.45, 2.75) is 45.8 Å². The standard InChI is InChI=1S/C31H37N3O4/c1-20-6-4-7-25(30(20)38-19-23-11-10-22-12-15-32-16-13-24(22)21(23)2)27-8-5-9-29(33-27)34-17-14-26(31(35)36)28(18-34)37-3/h4-11,26,28,32H,12-19H2,1-3H3,(H,35,36)/t26-,28+/m0/s1. The first kappa shape index (κ1) is 26.2. The first-order chi connectivity index (χ1) is 18.5. The summed E-state index contributed by atoms with van der Waals surface area (Å²) in [4.78, 5) is 18.7. The van der Waals surface area contributed by atoms with Gasteiger partial charge in [-0.05, 0) is 92.2 Å². The van der Waals surface area contributed by atoms with E-state index in [2.05, 4.69) is 48.3 Å². The van der Waals surface area contributed by atoms with Crippen LogP contribution in [0.25, 0.3) is 11.3 Å². The van der Waals surface area contributed by atoms with Gasteiger partial charge >= 0.3 is 5.97 Å². The van der Waals surface area contributed by atoms with Gasteiger partial charge in [-0.1, -0.05) is 30.3 Å². The lowest BCUT2D eigenvalue weighted by molar-refractivity contribution is -0.147. The van der Waals surface area contributed by atoms with Crippen LogP contribution in [0.15, 0.2) is 48.5 Å². The molecule has 0 saturated carbocycles. The van der Waals surface area contributed by atoms with E-state index in [1.54, 1.807) is 7.11 Å². The summed E-state index contributed by atoms with van der Waals surface area (Å²) in [5.41, 5.74) is 8.29. The second-order valence-electron chi connectivity index (χ2n) is 10.3. The smallest absolute Gasteiger partial charge is 0.309 e. The zero-order valence-electron chi connectivity index (χ0n) is 22.5. The number of carboxylic acids is 1. The molecule has 5 rings (SSSR count). The van der Waals surface area contributed by atoms with Gasteiger partial charge in [-0.3, -0.25) is 4.79 Å². The molecule has 2 atom stereocenters. The second kappa shape index (κ2) is 11.5. The second-order valence-corrected chi connectivity index (χ2v) is 10.3. The third-order valence-corrected chi connectivity index (χ3v) is 8.03. The van der Waals surface area contributed by atoms with Gasteiger partial charge in [0.05, 0.1) is 17.7 Å². The number of carboxylic acid groups (broad SMARTS) is 1. The van der Waals surface area contributed by atoms with Crippen molar-refractivity contribution in [1.29, 1.82) is 0 Å². The average molecular weight is 516 g/mol. The molecule has 7 heteroatoms. The van der Waals surface area contributed by atoms with E-state index in [9.17, 15) is 9.90 Å². The number of hydrogen-bond donors (Lipinski definition) is 2. The maximum absolute atomic E-state index is 11.6. The summed E-state index contributed by atoms with van der Waals surface area (Å²) in [6, 6.07) is 16.6. The number of para-hydroxylation sites is 1. The Bertz CT molecular complexity index is 1310. The van der Waals surface area contributed by atoms with Gasteiger partial charge in [0.15, 0.2) is 0 Å². The normalized spacial score (nSPS) is 19.5. The molecule has 200 valence electrons. The maximum Gasteiger partial charge on any atom is 0.309 e. The predicted molar refractivity (Wildman–Crippen MR) is 149 cm³/mol. The van der Waals surface area contributed by atoms with E-state index in [1.165, 1.54) is 22.3 Å². The van der Waals surface area contributed by atoms with Crippen LogP contribution < -0.4 is 15.0 Å². The molecule has 3 heterocycles. The molecule has 1 fully saturated rings. The first-order valence-corrected chi connectivity index (χ1v) is 13.5. The quantitative estimate of drug-likeness (QED) is 0.477. The molecule has 38 heavy (non-hydrogen) atoms. The Hall–Kier alpha value is -3.42. The Kier molecular flexibility index (Phi) is 7.95. The van der Waals surface area contributed by atoms with E-state index in [4.69, 9.17) is 14.5 Å². The monoisotopic (exact) mass is 515 g/mol. The third kappa shape index (κ3) is 5.40. The fourth-order valence-electron chi connectivity index (χ4n) is 5.75. The fraction of sp³-hybridized carbons (Fsp3) is 0.419. The molecule has 0 radical (unpaired) electrons. The Balaban J connectivity index is 1.39. The van der Waals surface area contributed by atoms with Crippen LogP contribution in [0.1, 0.15) is 34.2 Å². The van der Waals surface area contributed by atoms with Crippen molar-refractivity contribution in [1.82, 2.24) is 10.3 Å². The number of ether oxygens (including phenoxy) is 2. The lowest BCUT2D eigenvalue weighted by Gasteiger charge is -2.36. The number of aryl methyl sites for hydroxylation is 1. The molecule has 2 N–H and O–H groups in total. The minimum absolute atomic E-state index is 0.371. The number of piperidine rings is 1. The summed E-state index contributed by atoms with van der Waals surface area (Å²) < 4.78 is 12.0. The molecule has 0 unspecified atom stereocenters. The Morgan fingerprint density at radius 3 is 2.74 bits per heavy atom. The number of methoxy groups -OCH3 is 1.